The van der Waals surface area contributed by atoms with Gasteiger partial charge in [-0.2, -0.15) is 0 Å². The molecule has 2 amide bonds. The molecule has 32 heavy (non-hydrogen) atoms. The second kappa shape index (κ2) is 10.8. The maximum atomic E-state index is 12.5. The predicted octanol–water partition coefficient (Wildman–Crippen LogP) is 5.14. The molecule has 0 fully saturated rings. The van der Waals surface area contributed by atoms with E-state index in [1.54, 1.807) is 30.3 Å². The highest BCUT2D eigenvalue weighted by Gasteiger charge is 2.20. The van der Waals surface area contributed by atoms with Gasteiger partial charge in [0.05, 0.1) is 27.5 Å². The van der Waals surface area contributed by atoms with E-state index >= 15 is 0 Å². The minimum atomic E-state index is -0.357. The monoisotopic (exact) mass is 491 g/mol. The lowest BCUT2D eigenvalue weighted by molar-refractivity contribution is -0.113. The number of carbonyl (C=O) groups is 2. The van der Waals surface area contributed by atoms with E-state index in [0.717, 1.165) is 5.56 Å². The van der Waals surface area contributed by atoms with Crippen LogP contribution in [0.2, 0.25) is 10.0 Å². The molecule has 3 rings (SSSR count). The van der Waals surface area contributed by atoms with Crippen LogP contribution < -0.4 is 10.6 Å². The van der Waals surface area contributed by atoms with Gasteiger partial charge in [0.15, 0.2) is 11.0 Å². The molecule has 3 aromatic rings. The number of amides is 2. The van der Waals surface area contributed by atoms with E-state index in [0.29, 0.717) is 38.8 Å². The van der Waals surface area contributed by atoms with Crippen LogP contribution in [0.15, 0.2) is 47.6 Å². The fourth-order valence-electron chi connectivity index (χ4n) is 2.99. The van der Waals surface area contributed by atoms with Crippen molar-refractivity contribution >= 4 is 52.5 Å². The molecule has 0 unspecified atom stereocenters. The van der Waals surface area contributed by atoms with Crippen molar-refractivity contribution in [3.63, 3.8) is 0 Å². The zero-order chi connectivity index (χ0) is 23.3. The number of aromatic nitrogens is 3. The van der Waals surface area contributed by atoms with E-state index in [1.165, 1.54) is 11.8 Å². The fraction of sp³-hybridized carbons (Fsp3) is 0.273. The summed E-state index contributed by atoms with van der Waals surface area (Å²) in [5, 5.41) is 15.4. The summed E-state index contributed by atoms with van der Waals surface area (Å²) < 4.78 is 1.88. The van der Waals surface area contributed by atoms with E-state index in [4.69, 9.17) is 23.2 Å². The van der Waals surface area contributed by atoms with Crippen LogP contribution in [0.1, 0.15) is 41.6 Å². The molecule has 0 aliphatic rings. The Morgan fingerprint density at radius 1 is 1.12 bits per heavy atom. The number of carbonyl (C=O) groups excluding carboxylic acids is 2. The van der Waals surface area contributed by atoms with Crippen molar-refractivity contribution in [2.75, 3.05) is 11.1 Å². The van der Waals surface area contributed by atoms with E-state index in [9.17, 15) is 9.59 Å². The zero-order valence-corrected chi connectivity index (χ0v) is 20.2. The Bertz CT molecular complexity index is 1120. The quantitative estimate of drug-likeness (QED) is 0.426. The van der Waals surface area contributed by atoms with Crippen molar-refractivity contribution in [1.82, 2.24) is 20.1 Å². The van der Waals surface area contributed by atoms with Crippen LogP contribution in [0.5, 0.6) is 0 Å². The molecular formula is C22H23Cl2N5O2S. The van der Waals surface area contributed by atoms with Gasteiger partial charge in [-0.05, 0) is 45.0 Å². The number of nitrogens with zero attached hydrogens (tertiary/aromatic N) is 3. The largest absolute Gasteiger partial charge is 0.342 e. The molecule has 1 heterocycles. The number of aryl methyl sites for hydroxylation is 1. The second-order valence-corrected chi connectivity index (χ2v) is 8.81. The first kappa shape index (κ1) is 24.1. The predicted molar refractivity (Wildman–Crippen MR) is 129 cm³/mol. The lowest BCUT2D eigenvalue weighted by Crippen LogP contribution is -2.28. The van der Waals surface area contributed by atoms with Gasteiger partial charge in [-0.15, -0.1) is 10.2 Å². The topological polar surface area (TPSA) is 88.9 Å². The molecule has 1 atom stereocenters. The van der Waals surface area contributed by atoms with Gasteiger partial charge in [0, 0.05) is 12.1 Å². The summed E-state index contributed by atoms with van der Waals surface area (Å²) in [6.45, 7) is 6.37. The molecule has 0 bridgehead atoms. The molecule has 2 aromatic carbocycles. The Kier molecular flexibility index (Phi) is 8.17. The molecule has 0 aliphatic heterocycles. The number of nitrogens with one attached hydrogen (secondary N) is 2. The Morgan fingerprint density at radius 2 is 1.84 bits per heavy atom. The molecule has 1 aromatic heterocycles. The Balaban J connectivity index is 1.63. The highest BCUT2D eigenvalue weighted by molar-refractivity contribution is 7.99. The Hall–Kier alpha value is -2.55. The van der Waals surface area contributed by atoms with Crippen LogP contribution in [-0.2, 0) is 11.3 Å². The zero-order valence-electron chi connectivity index (χ0n) is 17.9. The molecule has 0 spiro atoms. The molecule has 168 valence electrons. The molecule has 10 heteroatoms. The summed E-state index contributed by atoms with van der Waals surface area (Å²) in [6.07, 6.45) is 0. The van der Waals surface area contributed by atoms with Crippen LogP contribution in [0.3, 0.4) is 0 Å². The van der Waals surface area contributed by atoms with Gasteiger partial charge in [-0.1, -0.05) is 58.7 Å². The van der Waals surface area contributed by atoms with Gasteiger partial charge in [-0.25, -0.2) is 0 Å². The van der Waals surface area contributed by atoms with Crippen molar-refractivity contribution < 1.29 is 9.59 Å². The average Bonchev–Trinajstić information content (AvgIpc) is 3.19. The summed E-state index contributed by atoms with van der Waals surface area (Å²) in [5.74, 6) is 0.307. The van der Waals surface area contributed by atoms with E-state index in [-0.39, 0.29) is 23.6 Å². The minimum absolute atomic E-state index is 0.116. The van der Waals surface area contributed by atoms with Crippen LogP contribution >= 0.6 is 35.0 Å². The van der Waals surface area contributed by atoms with Crippen LogP contribution in [-0.4, -0.2) is 32.3 Å². The highest BCUT2D eigenvalue weighted by atomic mass is 35.5. The average molecular weight is 492 g/mol. The number of halogens is 2. The molecule has 0 saturated carbocycles. The summed E-state index contributed by atoms with van der Waals surface area (Å²) in [4.78, 5) is 24.9. The van der Waals surface area contributed by atoms with Gasteiger partial charge >= 0.3 is 0 Å². The standard InChI is InChI=1S/C22H23Cl2N5O2S/c1-4-29-20(14(3)25-21(31)15-10-8-13(2)9-11-15)27-28-22(29)32-12-18(30)26-17-7-5-6-16(23)19(17)24/h5-11,14H,4,12H2,1-3H3,(H,25,31)(H,26,30)/t14-/m0/s1. The third kappa shape index (κ3) is 5.82. The van der Waals surface area contributed by atoms with Crippen molar-refractivity contribution in [2.45, 2.75) is 38.5 Å². The van der Waals surface area contributed by atoms with Crippen LogP contribution in [0, 0.1) is 6.92 Å². The Morgan fingerprint density at radius 3 is 2.53 bits per heavy atom. The molecule has 0 aliphatic carbocycles. The molecule has 0 radical (unpaired) electrons. The van der Waals surface area contributed by atoms with Crippen molar-refractivity contribution in [1.29, 1.82) is 0 Å². The molecule has 7 nitrogen and oxygen atoms in total. The molecular weight excluding hydrogens is 469 g/mol. The first-order valence-electron chi connectivity index (χ1n) is 9.97. The van der Waals surface area contributed by atoms with Crippen molar-refractivity contribution in [3.8, 4) is 0 Å². The molecule has 0 saturated heterocycles. The van der Waals surface area contributed by atoms with Crippen molar-refractivity contribution in [3.05, 3.63) is 69.5 Å². The minimum Gasteiger partial charge on any atom is -0.342 e. The highest BCUT2D eigenvalue weighted by Crippen LogP contribution is 2.30. The number of hydrogen-bond acceptors (Lipinski definition) is 5. The maximum absolute atomic E-state index is 12.5. The van der Waals surface area contributed by atoms with E-state index < -0.39 is 0 Å². The van der Waals surface area contributed by atoms with E-state index in [2.05, 4.69) is 20.8 Å². The lowest BCUT2D eigenvalue weighted by atomic mass is 10.1. The number of anilines is 1. The number of thioether (sulfide) groups is 1. The van der Waals surface area contributed by atoms with Gasteiger partial charge in [0.2, 0.25) is 5.91 Å². The van der Waals surface area contributed by atoms with Crippen LogP contribution in [0.25, 0.3) is 0 Å². The lowest BCUT2D eigenvalue weighted by Gasteiger charge is -2.15. The normalized spacial score (nSPS) is 11.8. The summed E-state index contributed by atoms with van der Waals surface area (Å²) >= 11 is 13.4. The first-order chi connectivity index (χ1) is 15.3. The number of rotatable bonds is 8. The number of benzene rings is 2. The smallest absolute Gasteiger partial charge is 0.251 e. The second-order valence-electron chi connectivity index (χ2n) is 7.08. The first-order valence-corrected chi connectivity index (χ1v) is 11.7. The third-order valence-electron chi connectivity index (χ3n) is 4.67. The van der Waals surface area contributed by atoms with Gasteiger partial charge in [0.25, 0.3) is 5.91 Å². The Labute approximate surface area is 200 Å². The summed E-state index contributed by atoms with van der Waals surface area (Å²) in [6, 6.07) is 12.0. The molecule has 2 N–H and O–H groups in total. The van der Waals surface area contributed by atoms with Crippen LogP contribution in [0.4, 0.5) is 5.69 Å². The van der Waals surface area contributed by atoms with Gasteiger partial charge in [-0.3, -0.25) is 9.59 Å². The van der Waals surface area contributed by atoms with E-state index in [1.807, 2.05) is 37.5 Å². The maximum Gasteiger partial charge on any atom is 0.251 e. The van der Waals surface area contributed by atoms with Gasteiger partial charge in [0.1, 0.15) is 0 Å². The van der Waals surface area contributed by atoms with Crippen molar-refractivity contribution in [2.24, 2.45) is 0 Å². The SMILES string of the molecule is CCn1c(SCC(=O)Nc2cccc(Cl)c2Cl)nnc1[C@H](C)NC(=O)c1ccc(C)cc1. The summed E-state index contributed by atoms with van der Waals surface area (Å²) in [5.41, 5.74) is 2.12. The van der Waals surface area contributed by atoms with Gasteiger partial charge < -0.3 is 15.2 Å². The fourth-order valence-corrected chi connectivity index (χ4v) is 4.15. The summed E-state index contributed by atoms with van der Waals surface area (Å²) in [7, 11) is 0. The third-order valence-corrected chi connectivity index (χ3v) is 6.45. The number of hydrogen-bond donors (Lipinski definition) is 2.